The molecule has 29 heavy (non-hydrogen) atoms. The second kappa shape index (κ2) is 8.65. The summed E-state index contributed by atoms with van der Waals surface area (Å²) >= 11 is 3.17. The number of rotatable bonds is 5. The number of carbonyl (C=O) groups is 2. The Morgan fingerprint density at radius 3 is 2.48 bits per heavy atom. The number of nitrogens with one attached hydrogen (secondary N) is 2. The third-order valence-electron chi connectivity index (χ3n) is 3.60. The number of nitrogens with two attached hydrogens (primary N) is 1. The normalized spacial score (nSPS) is 10.3. The maximum Gasteiger partial charge on any atom is 0.323 e. The number of hydrogen-bond acceptors (Lipinski definition) is 4. The van der Waals surface area contributed by atoms with Gasteiger partial charge >= 0.3 is 6.03 Å². The zero-order valence-corrected chi connectivity index (χ0v) is 16.2. The molecule has 1 aromatic heterocycles. The quantitative estimate of drug-likeness (QED) is 0.512. The van der Waals surface area contributed by atoms with Crippen molar-refractivity contribution in [1.82, 2.24) is 4.98 Å². The molecule has 3 aromatic rings. The summed E-state index contributed by atoms with van der Waals surface area (Å²) in [4.78, 5) is 27.2. The monoisotopic (exact) mass is 462 g/mol. The molecule has 0 saturated carbocycles. The lowest BCUT2D eigenvalue weighted by molar-refractivity contribution is 0.0993. The van der Waals surface area contributed by atoms with Crippen LogP contribution in [0.4, 0.5) is 25.0 Å². The first-order valence-electron chi connectivity index (χ1n) is 8.09. The number of carbonyl (C=O) groups excluding carboxylic acids is 2. The van der Waals surface area contributed by atoms with Gasteiger partial charge in [-0.05, 0) is 42.5 Å². The van der Waals surface area contributed by atoms with E-state index in [0.717, 1.165) is 6.07 Å². The number of anilines is 2. The molecule has 1 heterocycles. The van der Waals surface area contributed by atoms with Crippen LogP contribution >= 0.6 is 15.9 Å². The van der Waals surface area contributed by atoms with E-state index in [1.807, 2.05) is 0 Å². The molecular weight excluding hydrogens is 450 g/mol. The molecule has 0 spiro atoms. The van der Waals surface area contributed by atoms with Crippen molar-refractivity contribution in [1.29, 1.82) is 0 Å². The summed E-state index contributed by atoms with van der Waals surface area (Å²) in [5, 5.41) is 4.57. The van der Waals surface area contributed by atoms with Crippen LogP contribution in [-0.2, 0) is 0 Å². The van der Waals surface area contributed by atoms with E-state index in [-0.39, 0.29) is 28.6 Å². The zero-order chi connectivity index (χ0) is 21.0. The van der Waals surface area contributed by atoms with Crippen LogP contribution in [0.3, 0.4) is 0 Å². The molecule has 10 heteroatoms. The molecule has 7 nitrogen and oxygen atoms in total. The van der Waals surface area contributed by atoms with Crippen LogP contribution in [0.25, 0.3) is 0 Å². The molecule has 0 atom stereocenters. The van der Waals surface area contributed by atoms with Crippen molar-refractivity contribution in [3.63, 3.8) is 0 Å². The van der Waals surface area contributed by atoms with Gasteiger partial charge in [0, 0.05) is 16.7 Å². The van der Waals surface area contributed by atoms with Gasteiger partial charge in [-0.15, -0.1) is 0 Å². The molecule has 2 aromatic carbocycles. The van der Waals surface area contributed by atoms with E-state index >= 15 is 0 Å². The Hall–Kier alpha value is -3.53. The van der Waals surface area contributed by atoms with Gasteiger partial charge in [-0.1, -0.05) is 15.9 Å². The van der Waals surface area contributed by atoms with Gasteiger partial charge in [0.05, 0.1) is 11.4 Å². The van der Waals surface area contributed by atoms with Crippen molar-refractivity contribution in [2.24, 2.45) is 5.73 Å². The molecule has 148 valence electrons. The van der Waals surface area contributed by atoms with Gasteiger partial charge in [-0.25, -0.2) is 18.6 Å². The molecular formula is C19H13BrF2N4O3. The molecule has 3 amide bonds. The number of primary amides is 1. The van der Waals surface area contributed by atoms with Crippen molar-refractivity contribution < 1.29 is 23.1 Å². The summed E-state index contributed by atoms with van der Waals surface area (Å²) in [6.07, 6.45) is 1.37. The number of urea groups is 1. The van der Waals surface area contributed by atoms with Crippen LogP contribution in [0.1, 0.15) is 10.5 Å². The van der Waals surface area contributed by atoms with E-state index in [9.17, 15) is 18.4 Å². The predicted octanol–water partition coefficient (Wildman–Crippen LogP) is 4.66. The second-order valence-corrected chi connectivity index (χ2v) is 6.58. The number of pyridine rings is 1. The highest BCUT2D eigenvalue weighted by molar-refractivity contribution is 9.10. The summed E-state index contributed by atoms with van der Waals surface area (Å²) in [6, 6.07) is 9.79. The van der Waals surface area contributed by atoms with Crippen molar-refractivity contribution in [3.8, 4) is 11.5 Å². The van der Waals surface area contributed by atoms with Crippen molar-refractivity contribution >= 4 is 39.2 Å². The maximum atomic E-state index is 14.3. The molecule has 0 radical (unpaired) electrons. The molecule has 4 N–H and O–H groups in total. The zero-order valence-electron chi connectivity index (χ0n) is 14.6. The number of ether oxygens (including phenoxy) is 1. The molecule has 0 saturated heterocycles. The Morgan fingerprint density at radius 2 is 1.76 bits per heavy atom. The van der Waals surface area contributed by atoms with Crippen LogP contribution in [0.2, 0.25) is 0 Å². The SMILES string of the molecule is NC(=O)c1ncccc1Oc1ccc(NC(=O)Nc2cc(Br)ccc2F)c(F)c1. The Kier molecular flexibility index (Phi) is 6.03. The smallest absolute Gasteiger partial charge is 0.323 e. The van der Waals surface area contributed by atoms with Crippen LogP contribution in [0.5, 0.6) is 11.5 Å². The predicted molar refractivity (Wildman–Crippen MR) is 106 cm³/mol. The average molecular weight is 463 g/mol. The lowest BCUT2D eigenvalue weighted by atomic mass is 10.2. The van der Waals surface area contributed by atoms with Crippen molar-refractivity contribution in [2.75, 3.05) is 10.6 Å². The topological polar surface area (TPSA) is 106 Å². The Morgan fingerprint density at radius 1 is 1.00 bits per heavy atom. The Labute approximate surface area is 172 Å². The first kappa shape index (κ1) is 20.2. The summed E-state index contributed by atoms with van der Waals surface area (Å²) in [6.45, 7) is 0. The second-order valence-electron chi connectivity index (χ2n) is 5.66. The fraction of sp³-hybridized carbons (Fsp3) is 0. The number of benzene rings is 2. The van der Waals surface area contributed by atoms with Gasteiger partial charge in [0.1, 0.15) is 17.4 Å². The minimum atomic E-state index is -0.835. The summed E-state index contributed by atoms with van der Waals surface area (Å²) in [5.74, 6) is -2.13. The van der Waals surface area contributed by atoms with Crippen LogP contribution in [0.15, 0.2) is 59.2 Å². The minimum absolute atomic E-state index is 0.0574. The average Bonchev–Trinajstić information content (AvgIpc) is 2.67. The highest BCUT2D eigenvalue weighted by Crippen LogP contribution is 2.27. The molecule has 0 fully saturated rings. The minimum Gasteiger partial charge on any atom is -0.455 e. The summed E-state index contributed by atoms with van der Waals surface area (Å²) in [7, 11) is 0. The van der Waals surface area contributed by atoms with Gasteiger partial charge in [0.25, 0.3) is 5.91 Å². The highest BCUT2D eigenvalue weighted by Gasteiger charge is 2.14. The molecule has 3 rings (SSSR count). The van der Waals surface area contributed by atoms with Gasteiger partial charge in [-0.3, -0.25) is 4.79 Å². The van der Waals surface area contributed by atoms with Crippen LogP contribution in [0, 0.1) is 11.6 Å². The van der Waals surface area contributed by atoms with E-state index in [4.69, 9.17) is 10.5 Å². The number of nitrogens with zero attached hydrogens (tertiary/aromatic N) is 1. The highest BCUT2D eigenvalue weighted by atomic mass is 79.9. The number of aromatic nitrogens is 1. The van der Waals surface area contributed by atoms with E-state index in [1.165, 1.54) is 48.7 Å². The van der Waals surface area contributed by atoms with Gasteiger partial charge in [-0.2, -0.15) is 0 Å². The van der Waals surface area contributed by atoms with E-state index in [0.29, 0.717) is 4.47 Å². The largest absolute Gasteiger partial charge is 0.455 e. The lowest BCUT2D eigenvalue weighted by Crippen LogP contribution is -2.20. The van der Waals surface area contributed by atoms with Crippen molar-refractivity contribution in [2.45, 2.75) is 0 Å². The molecule has 0 aliphatic heterocycles. The number of halogens is 3. The third kappa shape index (κ3) is 5.05. The molecule has 0 bridgehead atoms. The maximum absolute atomic E-state index is 14.3. The number of hydrogen-bond donors (Lipinski definition) is 3. The van der Waals surface area contributed by atoms with Gasteiger partial charge in [0.15, 0.2) is 11.4 Å². The van der Waals surface area contributed by atoms with Crippen LogP contribution in [-0.4, -0.2) is 16.9 Å². The first-order valence-corrected chi connectivity index (χ1v) is 8.88. The van der Waals surface area contributed by atoms with E-state index in [2.05, 4.69) is 31.5 Å². The Bertz CT molecular complexity index is 1090. The third-order valence-corrected chi connectivity index (χ3v) is 4.09. The van der Waals surface area contributed by atoms with E-state index in [1.54, 1.807) is 0 Å². The fourth-order valence-electron chi connectivity index (χ4n) is 2.31. The number of amides is 3. The Balaban J connectivity index is 1.72. The van der Waals surface area contributed by atoms with Gasteiger partial charge in [0.2, 0.25) is 0 Å². The fourth-order valence-corrected chi connectivity index (χ4v) is 2.68. The van der Waals surface area contributed by atoms with Crippen LogP contribution < -0.4 is 21.1 Å². The standard InChI is InChI=1S/C19H13BrF2N4O3/c20-10-3-5-12(21)15(8-10)26-19(28)25-14-6-4-11(9-13(14)22)29-16-2-1-7-24-17(16)18(23)27/h1-9H,(H2,23,27)(H2,25,26,28). The van der Waals surface area contributed by atoms with E-state index < -0.39 is 23.6 Å². The molecule has 0 aliphatic carbocycles. The summed E-state index contributed by atoms with van der Waals surface area (Å²) in [5.41, 5.74) is 4.88. The summed E-state index contributed by atoms with van der Waals surface area (Å²) < 4.78 is 34.1. The van der Waals surface area contributed by atoms with Crippen molar-refractivity contribution in [3.05, 3.63) is 76.5 Å². The first-order chi connectivity index (χ1) is 13.8. The molecule has 0 aliphatic rings. The lowest BCUT2D eigenvalue weighted by Gasteiger charge is -2.12. The molecule has 0 unspecified atom stereocenters. The van der Waals surface area contributed by atoms with Gasteiger partial charge < -0.3 is 21.1 Å².